The van der Waals surface area contributed by atoms with Crippen molar-refractivity contribution >= 4 is 5.97 Å². The predicted molar refractivity (Wildman–Crippen MR) is 81.3 cm³/mol. The highest BCUT2D eigenvalue weighted by molar-refractivity contribution is 5.81. The maximum absolute atomic E-state index is 12.5. The summed E-state index contributed by atoms with van der Waals surface area (Å²) in [5.74, 6) is 4.72. The van der Waals surface area contributed by atoms with Crippen molar-refractivity contribution in [1.82, 2.24) is 0 Å². The summed E-state index contributed by atoms with van der Waals surface area (Å²) < 4.78 is 5.19. The van der Waals surface area contributed by atoms with E-state index in [9.17, 15) is 9.90 Å². The van der Waals surface area contributed by atoms with Crippen LogP contribution in [0, 0.1) is 17.8 Å². The summed E-state index contributed by atoms with van der Waals surface area (Å²) in [6, 6.07) is 9.13. The molecule has 1 aliphatic rings. The molecular weight excluding hydrogens is 264 g/mol. The van der Waals surface area contributed by atoms with Crippen molar-refractivity contribution in [2.24, 2.45) is 5.92 Å². The lowest BCUT2D eigenvalue weighted by Gasteiger charge is -2.36. The fourth-order valence-electron chi connectivity index (χ4n) is 3.02. The minimum absolute atomic E-state index is 0.0250. The van der Waals surface area contributed by atoms with Crippen LogP contribution >= 0.6 is 0 Å². The molecule has 1 aromatic rings. The van der Waals surface area contributed by atoms with Crippen LogP contribution in [0.5, 0.6) is 0 Å². The Labute approximate surface area is 126 Å². The fraction of sp³-hybridized carbons (Fsp3) is 0.500. The second-order valence-electron chi connectivity index (χ2n) is 5.47. The molecule has 1 aliphatic carbocycles. The van der Waals surface area contributed by atoms with Crippen LogP contribution < -0.4 is 0 Å². The quantitative estimate of drug-likeness (QED) is 0.683. The van der Waals surface area contributed by atoms with Crippen molar-refractivity contribution in [3.05, 3.63) is 35.9 Å². The maximum Gasteiger partial charge on any atom is 0.344 e. The van der Waals surface area contributed by atoms with Gasteiger partial charge in [0.2, 0.25) is 0 Å². The van der Waals surface area contributed by atoms with Gasteiger partial charge in [-0.1, -0.05) is 55.5 Å². The molecule has 0 heterocycles. The summed E-state index contributed by atoms with van der Waals surface area (Å²) in [7, 11) is 0. The second-order valence-corrected chi connectivity index (χ2v) is 5.47. The number of rotatable bonds is 4. The van der Waals surface area contributed by atoms with E-state index in [1.54, 1.807) is 19.1 Å². The topological polar surface area (TPSA) is 46.5 Å². The van der Waals surface area contributed by atoms with Crippen LogP contribution in [0.3, 0.4) is 0 Å². The molecule has 3 nitrogen and oxygen atoms in total. The highest BCUT2D eigenvalue weighted by Gasteiger charge is 2.46. The Morgan fingerprint density at radius 3 is 2.57 bits per heavy atom. The highest BCUT2D eigenvalue weighted by atomic mass is 16.5. The van der Waals surface area contributed by atoms with E-state index in [1.165, 1.54) is 0 Å². The van der Waals surface area contributed by atoms with Gasteiger partial charge in [-0.05, 0) is 25.3 Å². The van der Waals surface area contributed by atoms with Crippen LogP contribution in [-0.2, 0) is 15.1 Å². The Morgan fingerprint density at radius 1 is 1.29 bits per heavy atom. The Morgan fingerprint density at radius 2 is 1.95 bits per heavy atom. The summed E-state index contributed by atoms with van der Waals surface area (Å²) >= 11 is 0. The Hall–Kier alpha value is -1.79. The molecule has 21 heavy (non-hydrogen) atoms. The van der Waals surface area contributed by atoms with Crippen LogP contribution in [0.2, 0.25) is 0 Å². The first-order valence-corrected chi connectivity index (χ1v) is 7.54. The maximum atomic E-state index is 12.5. The first-order valence-electron chi connectivity index (χ1n) is 7.54. The van der Waals surface area contributed by atoms with Crippen molar-refractivity contribution in [2.45, 2.75) is 44.6 Å². The first kappa shape index (κ1) is 15.6. The van der Waals surface area contributed by atoms with E-state index in [0.717, 1.165) is 32.1 Å². The van der Waals surface area contributed by atoms with Crippen molar-refractivity contribution in [1.29, 1.82) is 0 Å². The molecule has 2 rings (SSSR count). The Balaban J connectivity index is 2.28. The molecule has 0 saturated heterocycles. The summed E-state index contributed by atoms with van der Waals surface area (Å²) in [6.45, 7) is 1.72. The van der Waals surface area contributed by atoms with Gasteiger partial charge < -0.3 is 9.84 Å². The number of carbonyl (C=O) groups excluding carboxylic acids is 1. The lowest BCUT2D eigenvalue weighted by molar-refractivity contribution is -0.174. The third-order valence-electron chi connectivity index (χ3n) is 4.17. The molecule has 0 radical (unpaired) electrons. The summed E-state index contributed by atoms with van der Waals surface area (Å²) in [4.78, 5) is 12.5. The van der Waals surface area contributed by atoms with E-state index in [-0.39, 0.29) is 12.5 Å². The molecule has 0 unspecified atom stereocenters. The largest absolute Gasteiger partial charge is 0.450 e. The third-order valence-corrected chi connectivity index (χ3v) is 4.17. The summed E-state index contributed by atoms with van der Waals surface area (Å²) in [5.41, 5.74) is -0.941. The molecule has 0 aromatic heterocycles. The number of carbonyl (C=O) groups is 1. The SMILES string of the molecule is CC#CCOC(=O)[C@@](O)(c1ccccc1)C1CCCCC1. The van der Waals surface area contributed by atoms with Gasteiger partial charge in [-0.15, -0.1) is 5.92 Å². The van der Waals surface area contributed by atoms with Crippen LogP contribution in [0.1, 0.15) is 44.6 Å². The van der Waals surface area contributed by atoms with E-state index < -0.39 is 11.6 Å². The van der Waals surface area contributed by atoms with Crippen molar-refractivity contribution in [3.63, 3.8) is 0 Å². The van der Waals surface area contributed by atoms with Gasteiger partial charge in [-0.2, -0.15) is 0 Å². The van der Waals surface area contributed by atoms with Crippen LogP contribution in [0.15, 0.2) is 30.3 Å². The zero-order valence-electron chi connectivity index (χ0n) is 12.5. The van der Waals surface area contributed by atoms with Crippen molar-refractivity contribution in [2.75, 3.05) is 6.61 Å². The lowest BCUT2D eigenvalue weighted by Crippen LogP contribution is -2.45. The number of hydrogen-bond acceptors (Lipinski definition) is 3. The van der Waals surface area contributed by atoms with Gasteiger partial charge in [-0.25, -0.2) is 4.79 Å². The fourth-order valence-corrected chi connectivity index (χ4v) is 3.02. The molecule has 1 aromatic carbocycles. The van der Waals surface area contributed by atoms with E-state index in [4.69, 9.17) is 4.74 Å². The second kappa shape index (κ2) is 7.28. The van der Waals surface area contributed by atoms with Crippen LogP contribution in [0.4, 0.5) is 0 Å². The van der Waals surface area contributed by atoms with Gasteiger partial charge in [0.25, 0.3) is 0 Å². The standard InChI is InChI=1S/C18H22O3/c1-2-3-14-21-17(19)18(20,15-10-6-4-7-11-15)16-12-8-5-9-13-16/h4,6-7,10-11,16,20H,5,8-9,12-14H2,1H3/t18-/m1/s1. The van der Waals surface area contributed by atoms with Crippen molar-refractivity contribution in [3.8, 4) is 11.8 Å². The minimum atomic E-state index is -1.56. The highest BCUT2D eigenvalue weighted by Crippen LogP contribution is 2.40. The lowest BCUT2D eigenvalue weighted by atomic mass is 9.73. The molecule has 1 atom stereocenters. The van der Waals surface area contributed by atoms with Crippen LogP contribution in [-0.4, -0.2) is 17.7 Å². The molecule has 1 N–H and O–H groups in total. The van der Waals surface area contributed by atoms with Gasteiger partial charge in [0.1, 0.15) is 0 Å². The van der Waals surface area contributed by atoms with E-state index >= 15 is 0 Å². The monoisotopic (exact) mass is 286 g/mol. The number of hydrogen-bond donors (Lipinski definition) is 1. The smallest absolute Gasteiger partial charge is 0.344 e. The Bertz CT molecular complexity index is 520. The molecule has 0 amide bonds. The average Bonchev–Trinajstić information content (AvgIpc) is 2.56. The predicted octanol–water partition coefficient (Wildman–Crippen LogP) is 3.02. The van der Waals surface area contributed by atoms with Gasteiger partial charge >= 0.3 is 5.97 Å². The van der Waals surface area contributed by atoms with Crippen molar-refractivity contribution < 1.29 is 14.6 Å². The minimum Gasteiger partial charge on any atom is -0.450 e. The van der Waals surface area contributed by atoms with Crippen LogP contribution in [0.25, 0.3) is 0 Å². The molecule has 0 spiro atoms. The van der Waals surface area contributed by atoms with E-state index in [2.05, 4.69) is 11.8 Å². The molecule has 3 heteroatoms. The first-order chi connectivity index (χ1) is 10.2. The number of benzene rings is 1. The van der Waals surface area contributed by atoms with Gasteiger partial charge in [-0.3, -0.25) is 0 Å². The summed E-state index contributed by atoms with van der Waals surface area (Å²) in [6.07, 6.45) is 4.95. The molecule has 1 fully saturated rings. The zero-order chi connectivity index (χ0) is 15.1. The molecule has 112 valence electrons. The zero-order valence-corrected chi connectivity index (χ0v) is 12.5. The number of aliphatic hydroxyl groups is 1. The average molecular weight is 286 g/mol. The summed E-state index contributed by atoms with van der Waals surface area (Å²) in [5, 5.41) is 11.2. The molecular formula is C18H22O3. The molecule has 0 bridgehead atoms. The molecule has 1 saturated carbocycles. The normalized spacial score (nSPS) is 18.2. The van der Waals surface area contributed by atoms with Gasteiger partial charge in [0.05, 0.1) is 0 Å². The van der Waals surface area contributed by atoms with Gasteiger partial charge in [0.15, 0.2) is 12.2 Å². The number of ether oxygens (including phenoxy) is 1. The van der Waals surface area contributed by atoms with Gasteiger partial charge in [0, 0.05) is 5.92 Å². The molecule has 0 aliphatic heterocycles. The van der Waals surface area contributed by atoms with E-state index in [1.807, 2.05) is 18.2 Å². The Kier molecular flexibility index (Phi) is 5.41. The third kappa shape index (κ3) is 3.46. The number of esters is 1. The van der Waals surface area contributed by atoms with E-state index in [0.29, 0.717) is 5.56 Å².